The highest BCUT2D eigenvalue weighted by Gasteiger charge is 2.46. The summed E-state index contributed by atoms with van der Waals surface area (Å²) in [5.74, 6) is 0. The van der Waals surface area contributed by atoms with Crippen LogP contribution in [0.15, 0.2) is 270 Å². The van der Waals surface area contributed by atoms with Crippen LogP contribution in [-0.4, -0.2) is 0 Å². The molecule has 14 rings (SSSR count). The predicted octanol–water partition coefficient (Wildman–Crippen LogP) is 18.3. The molecule has 11 aromatic carbocycles. The van der Waals surface area contributed by atoms with Crippen LogP contribution in [-0.2, 0) is 5.41 Å². The van der Waals surface area contributed by atoms with Gasteiger partial charge >= 0.3 is 0 Å². The fourth-order valence-corrected chi connectivity index (χ4v) is 11.5. The SMILES string of the molecule is c1ccc(-c2ccc(-c3c4oc5c(N(c6ccc7c(c6)C(c6ccccc6)(c6ccccc6)c6ccccc6-7)c6ccccc6-c6ccccc6)cccc5c4cc4oc5ccccc5c34)cc2)cc1. The molecule has 1 aliphatic carbocycles. The van der Waals surface area contributed by atoms with E-state index in [1.807, 2.05) is 6.07 Å². The van der Waals surface area contributed by atoms with E-state index < -0.39 is 5.41 Å². The molecule has 0 atom stereocenters. The third-order valence-electron chi connectivity index (χ3n) is 14.6. The molecule has 0 aliphatic heterocycles. The lowest BCUT2D eigenvalue weighted by Crippen LogP contribution is -2.28. The van der Waals surface area contributed by atoms with Gasteiger partial charge in [0.2, 0.25) is 0 Å². The molecule has 328 valence electrons. The normalized spacial score (nSPS) is 12.7. The van der Waals surface area contributed by atoms with Crippen LogP contribution in [0, 0.1) is 0 Å². The van der Waals surface area contributed by atoms with Gasteiger partial charge in [0.1, 0.15) is 16.7 Å². The molecule has 0 bridgehead atoms. The first-order valence-corrected chi connectivity index (χ1v) is 24.0. The van der Waals surface area contributed by atoms with Crippen molar-refractivity contribution in [1.82, 2.24) is 0 Å². The molecule has 0 spiro atoms. The van der Waals surface area contributed by atoms with Crippen molar-refractivity contribution in [3.05, 3.63) is 283 Å². The summed E-state index contributed by atoms with van der Waals surface area (Å²) in [5, 5.41) is 4.10. The molecule has 2 heterocycles. The number of hydrogen-bond donors (Lipinski definition) is 0. The van der Waals surface area contributed by atoms with Crippen molar-refractivity contribution in [3.63, 3.8) is 0 Å². The Morgan fingerprint density at radius 2 is 0.871 bits per heavy atom. The highest BCUT2D eigenvalue weighted by molar-refractivity contribution is 6.24. The Hall–Kier alpha value is -9.18. The van der Waals surface area contributed by atoms with Gasteiger partial charge in [0, 0.05) is 38.4 Å². The lowest BCUT2D eigenvalue weighted by Gasteiger charge is -2.35. The lowest BCUT2D eigenvalue weighted by atomic mass is 9.67. The van der Waals surface area contributed by atoms with Crippen molar-refractivity contribution in [2.24, 2.45) is 0 Å². The Labute approximate surface area is 405 Å². The topological polar surface area (TPSA) is 29.5 Å². The molecule has 1 aliphatic rings. The summed E-state index contributed by atoms with van der Waals surface area (Å²) in [6.07, 6.45) is 0. The summed E-state index contributed by atoms with van der Waals surface area (Å²) >= 11 is 0. The van der Waals surface area contributed by atoms with Crippen LogP contribution in [0.5, 0.6) is 0 Å². The van der Waals surface area contributed by atoms with Crippen molar-refractivity contribution in [1.29, 1.82) is 0 Å². The zero-order valence-corrected chi connectivity index (χ0v) is 38.1. The van der Waals surface area contributed by atoms with Gasteiger partial charge in [0.15, 0.2) is 5.58 Å². The number of hydrogen-bond acceptors (Lipinski definition) is 3. The van der Waals surface area contributed by atoms with Crippen molar-refractivity contribution in [3.8, 4) is 44.5 Å². The molecule has 70 heavy (non-hydrogen) atoms. The van der Waals surface area contributed by atoms with Crippen LogP contribution in [0.25, 0.3) is 88.4 Å². The molecule has 0 N–H and O–H groups in total. The van der Waals surface area contributed by atoms with Gasteiger partial charge in [-0.25, -0.2) is 0 Å². The Kier molecular flexibility index (Phi) is 9.11. The van der Waals surface area contributed by atoms with Crippen LogP contribution in [0.3, 0.4) is 0 Å². The maximum Gasteiger partial charge on any atom is 0.159 e. The van der Waals surface area contributed by atoms with Crippen molar-refractivity contribution >= 4 is 60.9 Å². The zero-order valence-electron chi connectivity index (χ0n) is 38.1. The van der Waals surface area contributed by atoms with Crippen LogP contribution in [0.4, 0.5) is 17.1 Å². The van der Waals surface area contributed by atoms with E-state index in [0.29, 0.717) is 0 Å². The van der Waals surface area contributed by atoms with E-state index in [4.69, 9.17) is 8.83 Å². The number of fused-ring (bicyclic) bond motifs is 9. The number of anilines is 3. The van der Waals surface area contributed by atoms with Gasteiger partial charge in [-0.3, -0.25) is 0 Å². The highest BCUT2D eigenvalue weighted by Crippen LogP contribution is 2.58. The molecule has 0 fully saturated rings. The third kappa shape index (κ3) is 6.01. The van der Waals surface area contributed by atoms with Crippen LogP contribution >= 0.6 is 0 Å². The van der Waals surface area contributed by atoms with Gasteiger partial charge in [-0.15, -0.1) is 0 Å². The van der Waals surface area contributed by atoms with Gasteiger partial charge in [-0.1, -0.05) is 224 Å². The molecule has 0 unspecified atom stereocenters. The van der Waals surface area contributed by atoms with Crippen molar-refractivity contribution in [2.45, 2.75) is 5.41 Å². The van der Waals surface area contributed by atoms with Crippen molar-refractivity contribution in [2.75, 3.05) is 4.90 Å². The number of para-hydroxylation sites is 3. The first kappa shape index (κ1) is 39.9. The van der Waals surface area contributed by atoms with E-state index >= 15 is 0 Å². The van der Waals surface area contributed by atoms with Gasteiger partial charge < -0.3 is 13.7 Å². The number of nitrogens with zero attached hydrogens (tertiary/aromatic N) is 1. The molecule has 0 radical (unpaired) electrons. The zero-order chi connectivity index (χ0) is 46.2. The average molecular weight is 894 g/mol. The third-order valence-corrected chi connectivity index (χ3v) is 14.6. The largest absolute Gasteiger partial charge is 0.456 e. The fraction of sp³-hybridized carbons (Fsp3) is 0.0149. The van der Waals surface area contributed by atoms with Gasteiger partial charge in [-0.05, 0) is 92.0 Å². The maximum atomic E-state index is 7.52. The Bertz CT molecular complexity index is 4060. The molecule has 3 heteroatoms. The molecule has 0 amide bonds. The van der Waals surface area contributed by atoms with Crippen molar-refractivity contribution < 1.29 is 8.83 Å². The smallest absolute Gasteiger partial charge is 0.159 e. The maximum absolute atomic E-state index is 7.52. The lowest BCUT2D eigenvalue weighted by molar-refractivity contribution is 0.665. The quantitative estimate of drug-likeness (QED) is 0.152. The number of furan rings is 2. The van der Waals surface area contributed by atoms with E-state index in [9.17, 15) is 0 Å². The minimum Gasteiger partial charge on any atom is -0.456 e. The summed E-state index contributed by atoms with van der Waals surface area (Å²) in [5.41, 5.74) is 19.8. The average Bonchev–Trinajstić information content (AvgIpc) is 4.10. The predicted molar refractivity (Wildman–Crippen MR) is 289 cm³/mol. The van der Waals surface area contributed by atoms with Crippen LogP contribution < -0.4 is 4.90 Å². The fourth-order valence-electron chi connectivity index (χ4n) is 11.5. The molecule has 3 nitrogen and oxygen atoms in total. The highest BCUT2D eigenvalue weighted by atomic mass is 16.3. The van der Waals surface area contributed by atoms with Gasteiger partial charge in [0.25, 0.3) is 0 Å². The van der Waals surface area contributed by atoms with Gasteiger partial charge in [0.05, 0.1) is 16.8 Å². The first-order valence-electron chi connectivity index (χ1n) is 24.0. The molecule has 0 saturated carbocycles. The second kappa shape index (κ2) is 16.0. The van der Waals surface area contributed by atoms with E-state index in [-0.39, 0.29) is 0 Å². The first-order chi connectivity index (χ1) is 34.7. The second-order valence-electron chi connectivity index (χ2n) is 18.3. The Balaban J connectivity index is 1.06. The minimum absolute atomic E-state index is 0.581. The van der Waals surface area contributed by atoms with Crippen LogP contribution in [0.2, 0.25) is 0 Å². The number of rotatable bonds is 8. The summed E-state index contributed by atoms with van der Waals surface area (Å²) < 4.78 is 14.2. The molecular weight excluding hydrogens is 851 g/mol. The summed E-state index contributed by atoms with van der Waals surface area (Å²) in [7, 11) is 0. The van der Waals surface area contributed by atoms with E-state index in [1.165, 1.54) is 38.9 Å². The van der Waals surface area contributed by atoms with Crippen LogP contribution in [0.1, 0.15) is 22.3 Å². The molecule has 13 aromatic rings. The summed E-state index contributed by atoms with van der Waals surface area (Å²) in [6, 6.07) is 94.0. The second-order valence-corrected chi connectivity index (χ2v) is 18.3. The molecule has 2 aromatic heterocycles. The summed E-state index contributed by atoms with van der Waals surface area (Å²) in [4.78, 5) is 2.42. The van der Waals surface area contributed by atoms with E-state index in [2.05, 4.69) is 260 Å². The molecular formula is C67H43NO2. The Morgan fingerprint density at radius 3 is 1.61 bits per heavy atom. The minimum atomic E-state index is -0.581. The molecule has 0 saturated heterocycles. The van der Waals surface area contributed by atoms with E-state index in [0.717, 1.165) is 88.8 Å². The Morgan fingerprint density at radius 1 is 0.314 bits per heavy atom. The van der Waals surface area contributed by atoms with Gasteiger partial charge in [-0.2, -0.15) is 0 Å². The monoisotopic (exact) mass is 893 g/mol. The standard InChI is InChI=1S/C67H43NO2/c1-5-20-44(21-6-1)45-36-38-47(39-37-45)63-64-55-30-15-18-35-61(55)69-62(64)43-56-54-31-19-34-60(65(54)70-66(56)63)68(59-33-17-14-28-51(59)46-22-7-2-8-23-46)50-40-41-53-52-29-13-16-32-57(52)67(58(53)42-50,48-24-9-3-10-25-48)49-26-11-4-12-27-49/h1-43H. The number of benzene rings is 11. The van der Waals surface area contributed by atoms with E-state index in [1.54, 1.807) is 0 Å². The summed E-state index contributed by atoms with van der Waals surface area (Å²) in [6.45, 7) is 0.